The van der Waals surface area contributed by atoms with Crippen molar-refractivity contribution >= 4 is 23.5 Å². The summed E-state index contributed by atoms with van der Waals surface area (Å²) in [5.74, 6) is -2.32. The fraction of sp³-hybridized carbons (Fsp3) is 0.571. The molecule has 2 aliphatic rings. The zero-order valence-electron chi connectivity index (χ0n) is 17.2. The Bertz CT molecular complexity index is 776. The Hall–Kier alpha value is -2.41. The number of amides is 2. The van der Waals surface area contributed by atoms with Crippen molar-refractivity contribution < 1.29 is 19.1 Å². The zero-order chi connectivity index (χ0) is 20.6. The second-order valence-corrected chi connectivity index (χ2v) is 7.58. The molecule has 7 heteroatoms. The molecule has 0 bridgehead atoms. The van der Waals surface area contributed by atoms with Gasteiger partial charge in [0.25, 0.3) is 0 Å². The molecule has 2 aliphatic heterocycles. The Morgan fingerprint density at radius 3 is 2.29 bits per heavy atom. The molecule has 0 radical (unpaired) electrons. The minimum atomic E-state index is -1.19. The van der Waals surface area contributed by atoms with Crippen molar-refractivity contribution in [2.45, 2.75) is 38.8 Å². The van der Waals surface area contributed by atoms with Crippen molar-refractivity contribution in [3.63, 3.8) is 0 Å². The first kappa shape index (κ1) is 20.3. The van der Waals surface area contributed by atoms with Crippen LogP contribution in [0.2, 0.25) is 0 Å². The predicted molar refractivity (Wildman–Crippen MR) is 106 cm³/mol. The average Bonchev–Trinajstić information content (AvgIpc) is 3.16. The zero-order valence-corrected chi connectivity index (χ0v) is 17.2. The number of hydrogen-bond acceptors (Lipinski definition) is 6. The van der Waals surface area contributed by atoms with Crippen LogP contribution in [0.3, 0.4) is 0 Å². The lowest BCUT2D eigenvalue weighted by atomic mass is 9.78. The summed E-state index contributed by atoms with van der Waals surface area (Å²) >= 11 is 0. The van der Waals surface area contributed by atoms with Gasteiger partial charge in [0.1, 0.15) is 5.54 Å². The minimum Gasteiger partial charge on any atom is -0.465 e. The van der Waals surface area contributed by atoms with E-state index in [1.165, 1.54) is 4.90 Å². The molecule has 28 heavy (non-hydrogen) atoms. The van der Waals surface area contributed by atoms with Crippen LogP contribution in [0.25, 0.3) is 0 Å². The average molecular weight is 387 g/mol. The molecule has 1 N–H and O–H groups in total. The molecule has 4 atom stereocenters. The number of rotatable bonds is 6. The highest BCUT2D eigenvalue weighted by molar-refractivity contribution is 6.09. The van der Waals surface area contributed by atoms with Crippen LogP contribution in [0.1, 0.15) is 38.8 Å². The monoisotopic (exact) mass is 387 g/mol. The van der Waals surface area contributed by atoms with Gasteiger partial charge < -0.3 is 9.64 Å². The normalized spacial score (nSPS) is 29.2. The van der Waals surface area contributed by atoms with Gasteiger partial charge in [0.05, 0.1) is 18.4 Å². The van der Waals surface area contributed by atoms with E-state index < -0.39 is 29.4 Å². The summed E-state index contributed by atoms with van der Waals surface area (Å²) in [5.41, 5.74) is 0.733. The van der Waals surface area contributed by atoms with Crippen molar-refractivity contribution in [3.8, 4) is 0 Å². The van der Waals surface area contributed by atoms with Crippen LogP contribution in [-0.2, 0) is 19.1 Å². The first-order valence-electron chi connectivity index (χ1n) is 9.89. The number of esters is 1. The smallest absolute Gasteiger partial charge is 0.327 e. The van der Waals surface area contributed by atoms with Gasteiger partial charge in [0, 0.05) is 32.4 Å². The van der Waals surface area contributed by atoms with Gasteiger partial charge in [-0.25, -0.2) is 0 Å². The topological polar surface area (TPSA) is 79.0 Å². The summed E-state index contributed by atoms with van der Waals surface area (Å²) in [6.45, 7) is 5.90. The lowest BCUT2D eigenvalue weighted by Crippen LogP contribution is -2.56. The number of nitrogens with zero attached hydrogens (tertiary/aromatic N) is 2. The number of benzene rings is 1. The maximum absolute atomic E-state index is 13.1. The van der Waals surface area contributed by atoms with Crippen molar-refractivity contribution in [1.29, 1.82) is 0 Å². The predicted octanol–water partition coefficient (Wildman–Crippen LogP) is 1.73. The number of fused-ring (bicyclic) bond motifs is 1. The van der Waals surface area contributed by atoms with Crippen LogP contribution < -0.4 is 10.2 Å². The summed E-state index contributed by atoms with van der Waals surface area (Å²) in [7, 11) is 3.92. The van der Waals surface area contributed by atoms with Gasteiger partial charge in [-0.1, -0.05) is 19.1 Å². The number of carbonyl (C=O) groups excluding carboxylic acids is 3. The van der Waals surface area contributed by atoms with Crippen molar-refractivity contribution in [2.75, 3.05) is 32.1 Å². The second-order valence-electron chi connectivity index (χ2n) is 7.58. The first-order chi connectivity index (χ1) is 13.3. The molecule has 1 aromatic rings. The molecule has 0 spiro atoms. The number of anilines is 1. The van der Waals surface area contributed by atoms with Gasteiger partial charge in [-0.2, -0.15) is 0 Å². The summed E-state index contributed by atoms with van der Waals surface area (Å²) < 4.78 is 5.33. The SMILES string of the molecule is CCOC(=O)[C@]1(CC)N[C@H](c2ccc(N(C)C)cc2)[C@H]2C(=O)N(CC)C(=O)[C@@H]21. The van der Waals surface area contributed by atoms with Gasteiger partial charge in [0.15, 0.2) is 0 Å². The van der Waals surface area contributed by atoms with Gasteiger partial charge in [0.2, 0.25) is 11.8 Å². The Kier molecular flexibility index (Phi) is 5.48. The van der Waals surface area contributed by atoms with E-state index in [2.05, 4.69) is 5.32 Å². The van der Waals surface area contributed by atoms with Crippen molar-refractivity contribution in [2.24, 2.45) is 11.8 Å². The van der Waals surface area contributed by atoms with Gasteiger partial charge in [-0.3, -0.25) is 24.6 Å². The molecule has 0 saturated carbocycles. The Morgan fingerprint density at radius 1 is 1.14 bits per heavy atom. The van der Waals surface area contributed by atoms with E-state index in [4.69, 9.17) is 4.74 Å². The second kappa shape index (κ2) is 7.54. The standard InChI is InChI=1S/C21H29N3O4/c1-6-21(20(27)28-8-3)16-15(18(25)24(7-2)19(16)26)17(22-21)13-9-11-14(12-10-13)23(4)5/h9-12,15-17,22H,6-8H2,1-5H3/t15-,16+,17+,21+/m0/s1. The molecule has 0 aliphatic carbocycles. The molecular weight excluding hydrogens is 358 g/mol. The van der Waals surface area contributed by atoms with E-state index in [-0.39, 0.29) is 18.4 Å². The highest BCUT2D eigenvalue weighted by Gasteiger charge is 2.67. The molecule has 0 unspecified atom stereocenters. The van der Waals surface area contributed by atoms with E-state index in [1.807, 2.05) is 50.2 Å². The minimum absolute atomic E-state index is 0.216. The molecule has 2 saturated heterocycles. The number of likely N-dealkylation sites (tertiary alicyclic amines) is 1. The van der Waals surface area contributed by atoms with E-state index in [0.717, 1.165) is 11.3 Å². The first-order valence-corrected chi connectivity index (χ1v) is 9.89. The lowest BCUT2D eigenvalue weighted by Gasteiger charge is -2.31. The molecule has 3 rings (SSSR count). The van der Waals surface area contributed by atoms with Gasteiger partial charge in [-0.15, -0.1) is 0 Å². The molecule has 2 amide bonds. The van der Waals surface area contributed by atoms with Crippen LogP contribution in [0.5, 0.6) is 0 Å². The summed E-state index contributed by atoms with van der Waals surface area (Å²) in [5, 5.41) is 3.35. The maximum atomic E-state index is 13.1. The number of carbonyl (C=O) groups is 3. The summed E-state index contributed by atoms with van der Waals surface area (Å²) in [6.07, 6.45) is 0.371. The molecule has 152 valence electrons. The van der Waals surface area contributed by atoms with Crippen molar-refractivity contribution in [1.82, 2.24) is 10.2 Å². The van der Waals surface area contributed by atoms with Crippen LogP contribution in [-0.4, -0.2) is 55.5 Å². The van der Waals surface area contributed by atoms with Crippen LogP contribution in [0, 0.1) is 11.8 Å². The highest BCUT2D eigenvalue weighted by Crippen LogP contribution is 2.50. The summed E-state index contributed by atoms with van der Waals surface area (Å²) in [6, 6.07) is 7.43. The molecule has 2 heterocycles. The Morgan fingerprint density at radius 2 is 1.79 bits per heavy atom. The third-order valence-electron chi connectivity index (χ3n) is 6.03. The number of imide groups is 1. The number of ether oxygens (including phenoxy) is 1. The lowest BCUT2D eigenvalue weighted by molar-refractivity contribution is -0.156. The van der Waals surface area contributed by atoms with Crippen molar-refractivity contribution in [3.05, 3.63) is 29.8 Å². The van der Waals surface area contributed by atoms with Gasteiger partial charge >= 0.3 is 5.97 Å². The fourth-order valence-corrected chi connectivity index (χ4v) is 4.56. The molecule has 2 fully saturated rings. The quantitative estimate of drug-likeness (QED) is 0.592. The number of nitrogens with one attached hydrogen (secondary N) is 1. The van der Waals surface area contributed by atoms with E-state index in [1.54, 1.807) is 13.8 Å². The van der Waals surface area contributed by atoms with E-state index in [0.29, 0.717) is 13.0 Å². The third kappa shape index (κ3) is 2.89. The Labute approximate surface area is 166 Å². The highest BCUT2D eigenvalue weighted by atomic mass is 16.5. The molecular formula is C21H29N3O4. The van der Waals surface area contributed by atoms with Crippen LogP contribution in [0.4, 0.5) is 5.69 Å². The molecule has 7 nitrogen and oxygen atoms in total. The van der Waals surface area contributed by atoms with Crippen LogP contribution in [0.15, 0.2) is 24.3 Å². The third-order valence-corrected chi connectivity index (χ3v) is 6.03. The fourth-order valence-electron chi connectivity index (χ4n) is 4.56. The summed E-state index contributed by atoms with van der Waals surface area (Å²) in [4.78, 5) is 42.4. The van der Waals surface area contributed by atoms with Crippen LogP contribution >= 0.6 is 0 Å². The van der Waals surface area contributed by atoms with Gasteiger partial charge in [-0.05, 0) is 38.0 Å². The molecule has 1 aromatic carbocycles. The molecule has 0 aromatic heterocycles. The largest absolute Gasteiger partial charge is 0.465 e. The maximum Gasteiger partial charge on any atom is 0.327 e. The van der Waals surface area contributed by atoms with E-state index in [9.17, 15) is 14.4 Å². The van der Waals surface area contributed by atoms with E-state index >= 15 is 0 Å². The number of hydrogen-bond donors (Lipinski definition) is 1. The Balaban J connectivity index is 2.08.